The molecule has 2 aliphatic heterocycles. The second kappa shape index (κ2) is 7.25. The van der Waals surface area contributed by atoms with Gasteiger partial charge in [-0.2, -0.15) is 0 Å². The molecule has 1 spiro atoms. The van der Waals surface area contributed by atoms with Gasteiger partial charge in [0.1, 0.15) is 5.60 Å². The van der Waals surface area contributed by atoms with Crippen molar-refractivity contribution in [3.05, 3.63) is 30.1 Å². The third-order valence-corrected chi connectivity index (χ3v) is 5.19. The Balaban J connectivity index is 1.69. The van der Waals surface area contributed by atoms with Gasteiger partial charge < -0.3 is 14.5 Å². The highest BCUT2D eigenvalue weighted by atomic mass is 16.6. The number of amides is 2. The fourth-order valence-corrected chi connectivity index (χ4v) is 4.08. The van der Waals surface area contributed by atoms with Crippen LogP contribution in [0.4, 0.5) is 4.79 Å². The first-order valence-corrected chi connectivity index (χ1v) is 9.45. The molecule has 0 aliphatic carbocycles. The minimum Gasteiger partial charge on any atom is -0.444 e. The first kappa shape index (κ1) is 18.7. The molecule has 3 heterocycles. The van der Waals surface area contributed by atoms with E-state index in [2.05, 4.69) is 4.98 Å². The molecule has 0 N–H and O–H groups in total. The lowest BCUT2D eigenvalue weighted by molar-refractivity contribution is -0.0129. The summed E-state index contributed by atoms with van der Waals surface area (Å²) in [6.07, 6.45) is 7.08. The van der Waals surface area contributed by atoms with E-state index in [1.807, 2.05) is 30.6 Å². The second-order valence-corrected chi connectivity index (χ2v) is 8.57. The lowest BCUT2D eigenvalue weighted by Gasteiger charge is -2.48. The summed E-state index contributed by atoms with van der Waals surface area (Å²) in [5, 5.41) is 0. The van der Waals surface area contributed by atoms with Crippen LogP contribution in [-0.4, -0.2) is 58.6 Å². The van der Waals surface area contributed by atoms with E-state index in [0.29, 0.717) is 18.7 Å². The molecule has 142 valence electrons. The Bertz CT molecular complexity index is 652. The van der Waals surface area contributed by atoms with Crippen LogP contribution in [0.1, 0.15) is 56.8 Å². The van der Waals surface area contributed by atoms with Gasteiger partial charge in [-0.15, -0.1) is 0 Å². The molecule has 26 heavy (non-hydrogen) atoms. The molecule has 0 bridgehead atoms. The number of hydrogen-bond donors (Lipinski definition) is 0. The molecule has 6 heteroatoms. The Morgan fingerprint density at radius 1 is 1.04 bits per heavy atom. The van der Waals surface area contributed by atoms with Crippen LogP contribution in [0.2, 0.25) is 0 Å². The Labute approximate surface area is 155 Å². The third-order valence-electron chi connectivity index (χ3n) is 5.19. The molecule has 1 aromatic heterocycles. The lowest BCUT2D eigenvalue weighted by Crippen LogP contribution is -2.55. The van der Waals surface area contributed by atoms with E-state index in [-0.39, 0.29) is 17.4 Å². The molecule has 3 rings (SSSR count). The van der Waals surface area contributed by atoms with Gasteiger partial charge in [0.25, 0.3) is 5.91 Å². The number of piperidine rings is 2. The zero-order chi connectivity index (χ0) is 18.8. The molecule has 1 unspecified atom stereocenters. The summed E-state index contributed by atoms with van der Waals surface area (Å²) in [6.45, 7) is 8.54. The summed E-state index contributed by atoms with van der Waals surface area (Å²) in [4.78, 5) is 33.1. The molecule has 0 aromatic carbocycles. The maximum atomic E-state index is 12.8. The number of rotatable bonds is 1. The van der Waals surface area contributed by atoms with Gasteiger partial charge in [0.05, 0.1) is 0 Å². The zero-order valence-corrected chi connectivity index (χ0v) is 16.0. The molecular weight excluding hydrogens is 330 g/mol. The average molecular weight is 359 g/mol. The number of hydrogen-bond acceptors (Lipinski definition) is 4. The number of likely N-dealkylation sites (tertiary alicyclic amines) is 2. The molecule has 0 saturated carbocycles. The van der Waals surface area contributed by atoms with Gasteiger partial charge in [-0.25, -0.2) is 4.79 Å². The zero-order valence-electron chi connectivity index (χ0n) is 16.0. The van der Waals surface area contributed by atoms with Crippen molar-refractivity contribution in [2.75, 3.05) is 26.2 Å². The average Bonchev–Trinajstić information content (AvgIpc) is 2.60. The van der Waals surface area contributed by atoms with Crippen LogP contribution < -0.4 is 0 Å². The van der Waals surface area contributed by atoms with Crippen molar-refractivity contribution >= 4 is 12.0 Å². The number of aromatic nitrogens is 1. The minimum atomic E-state index is -0.488. The molecule has 2 amide bonds. The van der Waals surface area contributed by atoms with Crippen molar-refractivity contribution in [2.24, 2.45) is 5.41 Å². The van der Waals surface area contributed by atoms with Crippen LogP contribution in [-0.2, 0) is 4.74 Å². The maximum absolute atomic E-state index is 12.8. The largest absolute Gasteiger partial charge is 0.444 e. The minimum absolute atomic E-state index is 0.0178. The summed E-state index contributed by atoms with van der Waals surface area (Å²) in [5.74, 6) is 0.0564. The standard InChI is InChI=1S/C20H29N3O3/c1-19(2,3)26-18(25)23-13-5-9-20(15-23)8-4-12-22(14-20)17(24)16-6-10-21-11-7-16/h6-7,10-11H,4-5,8-9,12-15H2,1-3H3. The van der Waals surface area contributed by atoms with Crippen LogP contribution in [0, 0.1) is 5.41 Å². The molecular formula is C20H29N3O3. The van der Waals surface area contributed by atoms with Gasteiger partial charge in [0.2, 0.25) is 0 Å². The van der Waals surface area contributed by atoms with E-state index in [9.17, 15) is 9.59 Å². The first-order valence-electron chi connectivity index (χ1n) is 9.45. The normalized spacial score (nSPS) is 23.8. The number of ether oxygens (including phenoxy) is 1. The summed E-state index contributed by atoms with van der Waals surface area (Å²) in [5.41, 5.74) is 0.171. The highest BCUT2D eigenvalue weighted by Crippen LogP contribution is 2.39. The van der Waals surface area contributed by atoms with Gasteiger partial charge in [0.15, 0.2) is 0 Å². The summed E-state index contributed by atoms with van der Waals surface area (Å²) >= 11 is 0. The second-order valence-electron chi connectivity index (χ2n) is 8.57. The summed E-state index contributed by atoms with van der Waals surface area (Å²) < 4.78 is 5.55. The van der Waals surface area contributed by atoms with Gasteiger partial charge in [-0.1, -0.05) is 0 Å². The number of carbonyl (C=O) groups is 2. The van der Waals surface area contributed by atoms with Gasteiger partial charge in [-0.3, -0.25) is 9.78 Å². The van der Waals surface area contributed by atoms with E-state index >= 15 is 0 Å². The number of pyridine rings is 1. The van der Waals surface area contributed by atoms with Gasteiger partial charge in [0, 0.05) is 49.6 Å². The Morgan fingerprint density at radius 2 is 1.62 bits per heavy atom. The van der Waals surface area contributed by atoms with Crippen molar-refractivity contribution in [2.45, 2.75) is 52.1 Å². The summed E-state index contributed by atoms with van der Waals surface area (Å²) in [7, 11) is 0. The van der Waals surface area contributed by atoms with Crippen molar-refractivity contribution in [1.82, 2.24) is 14.8 Å². The first-order chi connectivity index (χ1) is 12.3. The predicted molar refractivity (Wildman–Crippen MR) is 98.8 cm³/mol. The van der Waals surface area contributed by atoms with Crippen LogP contribution in [0.5, 0.6) is 0 Å². The number of carbonyl (C=O) groups excluding carboxylic acids is 2. The van der Waals surface area contributed by atoms with E-state index < -0.39 is 5.60 Å². The smallest absolute Gasteiger partial charge is 0.410 e. The molecule has 2 aliphatic rings. The third kappa shape index (κ3) is 4.34. The molecule has 1 atom stereocenters. The van der Waals surface area contributed by atoms with Gasteiger partial charge >= 0.3 is 6.09 Å². The van der Waals surface area contributed by atoms with E-state index in [1.54, 1.807) is 24.5 Å². The monoisotopic (exact) mass is 359 g/mol. The molecule has 6 nitrogen and oxygen atoms in total. The SMILES string of the molecule is CC(C)(C)OC(=O)N1CCCC2(CCCN(C(=O)c3ccncc3)C2)C1. The van der Waals surface area contributed by atoms with Crippen molar-refractivity contribution < 1.29 is 14.3 Å². The van der Waals surface area contributed by atoms with Crippen molar-refractivity contribution in [1.29, 1.82) is 0 Å². The predicted octanol–water partition coefficient (Wildman–Crippen LogP) is 3.33. The Hall–Kier alpha value is -2.11. The molecule has 0 radical (unpaired) electrons. The Kier molecular flexibility index (Phi) is 5.21. The van der Waals surface area contributed by atoms with Crippen molar-refractivity contribution in [3.63, 3.8) is 0 Å². The molecule has 2 saturated heterocycles. The van der Waals surface area contributed by atoms with Crippen LogP contribution >= 0.6 is 0 Å². The number of nitrogens with zero attached hydrogens (tertiary/aromatic N) is 3. The van der Waals surface area contributed by atoms with E-state index in [4.69, 9.17) is 4.74 Å². The lowest BCUT2D eigenvalue weighted by atomic mass is 9.73. The fourth-order valence-electron chi connectivity index (χ4n) is 4.08. The fraction of sp³-hybridized carbons (Fsp3) is 0.650. The van der Waals surface area contributed by atoms with Gasteiger partial charge in [-0.05, 0) is 58.6 Å². The Morgan fingerprint density at radius 3 is 2.23 bits per heavy atom. The van der Waals surface area contributed by atoms with Crippen molar-refractivity contribution in [3.8, 4) is 0 Å². The highest BCUT2D eigenvalue weighted by molar-refractivity contribution is 5.94. The molecule has 2 fully saturated rings. The van der Waals surface area contributed by atoms with E-state index in [0.717, 1.165) is 38.8 Å². The highest BCUT2D eigenvalue weighted by Gasteiger charge is 2.42. The summed E-state index contributed by atoms with van der Waals surface area (Å²) in [6, 6.07) is 3.52. The topological polar surface area (TPSA) is 62.7 Å². The van der Waals surface area contributed by atoms with Crippen LogP contribution in [0.15, 0.2) is 24.5 Å². The quantitative estimate of drug-likeness (QED) is 0.771. The van der Waals surface area contributed by atoms with Crippen LogP contribution in [0.25, 0.3) is 0 Å². The van der Waals surface area contributed by atoms with E-state index in [1.165, 1.54) is 0 Å². The van der Waals surface area contributed by atoms with Crippen LogP contribution in [0.3, 0.4) is 0 Å². The maximum Gasteiger partial charge on any atom is 0.410 e. The molecule has 1 aromatic rings.